The van der Waals surface area contributed by atoms with E-state index in [4.69, 9.17) is 9.52 Å². The highest BCUT2D eigenvalue weighted by Gasteiger charge is 2.31. The molecule has 104 valence electrons. The maximum absolute atomic E-state index is 12.1. The molecule has 1 amide bonds. The third-order valence-corrected chi connectivity index (χ3v) is 3.48. The first-order valence-corrected chi connectivity index (χ1v) is 6.73. The van der Waals surface area contributed by atoms with Crippen molar-refractivity contribution >= 4 is 11.9 Å². The van der Waals surface area contributed by atoms with Gasteiger partial charge in [-0.1, -0.05) is 0 Å². The van der Waals surface area contributed by atoms with Gasteiger partial charge in [0.15, 0.2) is 0 Å². The van der Waals surface area contributed by atoms with Crippen LogP contribution in [0.4, 0.5) is 0 Å². The fraction of sp³-hybridized carbons (Fsp3) is 0.571. The molecular weight excluding hydrogens is 246 g/mol. The molecule has 0 saturated carbocycles. The minimum Gasteiger partial charge on any atom is -0.481 e. The third-order valence-electron chi connectivity index (χ3n) is 3.48. The first kappa shape index (κ1) is 13.6. The lowest BCUT2D eigenvalue weighted by atomic mass is 10.1. The van der Waals surface area contributed by atoms with E-state index in [-0.39, 0.29) is 18.4 Å². The van der Waals surface area contributed by atoms with Gasteiger partial charge in [-0.15, -0.1) is 0 Å². The molecule has 0 aliphatic carbocycles. The zero-order chi connectivity index (χ0) is 13.7. The molecule has 1 aliphatic rings. The van der Waals surface area contributed by atoms with Crippen molar-refractivity contribution in [3.8, 4) is 0 Å². The van der Waals surface area contributed by atoms with E-state index in [0.29, 0.717) is 19.3 Å². The van der Waals surface area contributed by atoms with E-state index in [0.717, 1.165) is 25.1 Å². The Labute approximate surface area is 112 Å². The number of nitrogens with zero attached hydrogens (tertiary/aromatic N) is 1. The van der Waals surface area contributed by atoms with Gasteiger partial charge in [0.25, 0.3) is 0 Å². The second-order valence-corrected chi connectivity index (χ2v) is 4.86. The quantitative estimate of drug-likeness (QED) is 0.802. The highest BCUT2D eigenvalue weighted by Crippen LogP contribution is 2.32. The lowest BCUT2D eigenvalue weighted by molar-refractivity contribution is -0.137. The molecule has 5 nitrogen and oxygen atoms in total. The normalized spacial score (nSPS) is 18.7. The highest BCUT2D eigenvalue weighted by molar-refractivity contribution is 5.77. The van der Waals surface area contributed by atoms with Gasteiger partial charge in [-0.25, -0.2) is 0 Å². The molecule has 1 aliphatic heterocycles. The predicted molar refractivity (Wildman–Crippen MR) is 68.5 cm³/mol. The molecule has 1 aromatic heterocycles. The fourth-order valence-corrected chi connectivity index (χ4v) is 2.54. The number of rotatable bonds is 6. The largest absolute Gasteiger partial charge is 0.481 e. The Kier molecular flexibility index (Phi) is 4.60. The van der Waals surface area contributed by atoms with Crippen LogP contribution in [-0.2, 0) is 9.59 Å². The van der Waals surface area contributed by atoms with Crippen LogP contribution in [-0.4, -0.2) is 28.4 Å². The molecule has 2 rings (SSSR count). The Bertz CT molecular complexity index is 427. The molecule has 0 aromatic carbocycles. The minimum atomic E-state index is -0.804. The van der Waals surface area contributed by atoms with Crippen molar-refractivity contribution in [3.05, 3.63) is 24.2 Å². The molecule has 1 N–H and O–H groups in total. The molecule has 0 bridgehead atoms. The summed E-state index contributed by atoms with van der Waals surface area (Å²) >= 11 is 0. The maximum Gasteiger partial charge on any atom is 0.303 e. The number of unbranched alkanes of at least 4 members (excludes halogenated alkanes) is 1. The van der Waals surface area contributed by atoms with Crippen LogP contribution in [0, 0.1) is 0 Å². The van der Waals surface area contributed by atoms with E-state index >= 15 is 0 Å². The second-order valence-electron chi connectivity index (χ2n) is 4.86. The Morgan fingerprint density at radius 3 is 2.84 bits per heavy atom. The van der Waals surface area contributed by atoms with E-state index in [9.17, 15) is 9.59 Å². The number of carbonyl (C=O) groups is 2. The molecule has 1 aromatic rings. The number of likely N-dealkylation sites (tertiary alicyclic amines) is 1. The topological polar surface area (TPSA) is 70.8 Å². The molecule has 1 atom stereocenters. The summed E-state index contributed by atoms with van der Waals surface area (Å²) in [5, 5.41) is 8.55. The number of hydrogen-bond donors (Lipinski definition) is 1. The minimum absolute atomic E-state index is 0.0574. The van der Waals surface area contributed by atoms with Crippen LogP contribution in [0.2, 0.25) is 0 Å². The van der Waals surface area contributed by atoms with Crippen LogP contribution in [0.1, 0.15) is 50.3 Å². The summed E-state index contributed by atoms with van der Waals surface area (Å²) < 4.78 is 5.38. The average molecular weight is 265 g/mol. The van der Waals surface area contributed by atoms with Gasteiger partial charge in [-0.2, -0.15) is 0 Å². The highest BCUT2D eigenvalue weighted by atomic mass is 16.4. The van der Waals surface area contributed by atoms with Crippen LogP contribution in [0.3, 0.4) is 0 Å². The lowest BCUT2D eigenvalue weighted by Gasteiger charge is -2.23. The summed E-state index contributed by atoms with van der Waals surface area (Å²) in [5.74, 6) is 0.141. The van der Waals surface area contributed by atoms with E-state index < -0.39 is 5.97 Å². The predicted octanol–water partition coefficient (Wildman–Crippen LogP) is 2.59. The van der Waals surface area contributed by atoms with Crippen LogP contribution in [0.5, 0.6) is 0 Å². The number of hydrogen-bond acceptors (Lipinski definition) is 3. The number of aliphatic carboxylic acids is 1. The monoisotopic (exact) mass is 265 g/mol. The van der Waals surface area contributed by atoms with E-state index in [1.807, 2.05) is 17.0 Å². The van der Waals surface area contributed by atoms with Crippen molar-refractivity contribution in [2.45, 2.75) is 44.6 Å². The van der Waals surface area contributed by atoms with Gasteiger partial charge in [-0.3, -0.25) is 9.59 Å². The number of carbonyl (C=O) groups excluding carboxylic acids is 1. The van der Waals surface area contributed by atoms with Crippen LogP contribution >= 0.6 is 0 Å². The van der Waals surface area contributed by atoms with Crippen molar-refractivity contribution in [2.75, 3.05) is 6.54 Å². The standard InChI is InChI=1S/C14H19NO4/c16-13(7-1-2-8-14(17)18)15-9-3-5-11(15)12-6-4-10-19-12/h4,6,10-11H,1-3,5,7-9H2,(H,17,18). The molecule has 5 heteroatoms. The van der Waals surface area contributed by atoms with Gasteiger partial charge >= 0.3 is 5.97 Å². The van der Waals surface area contributed by atoms with Crippen molar-refractivity contribution in [3.63, 3.8) is 0 Å². The Morgan fingerprint density at radius 1 is 1.37 bits per heavy atom. The molecule has 1 unspecified atom stereocenters. The fourth-order valence-electron chi connectivity index (χ4n) is 2.54. The number of amides is 1. The Hall–Kier alpha value is -1.78. The molecule has 1 fully saturated rings. The summed E-state index contributed by atoms with van der Waals surface area (Å²) in [6.07, 6.45) is 5.30. The van der Waals surface area contributed by atoms with Gasteiger partial charge in [0.1, 0.15) is 5.76 Å². The van der Waals surface area contributed by atoms with Gasteiger partial charge in [-0.05, 0) is 37.8 Å². The first-order chi connectivity index (χ1) is 9.18. The molecule has 1 saturated heterocycles. The SMILES string of the molecule is O=C(O)CCCCC(=O)N1CCCC1c1ccco1. The van der Waals surface area contributed by atoms with E-state index in [1.165, 1.54) is 0 Å². The zero-order valence-electron chi connectivity index (χ0n) is 10.9. The van der Waals surface area contributed by atoms with Crippen molar-refractivity contribution in [1.82, 2.24) is 4.90 Å². The van der Waals surface area contributed by atoms with Gasteiger partial charge in [0.2, 0.25) is 5.91 Å². The maximum atomic E-state index is 12.1. The third kappa shape index (κ3) is 3.59. The van der Waals surface area contributed by atoms with Crippen LogP contribution in [0.25, 0.3) is 0 Å². The summed E-state index contributed by atoms with van der Waals surface area (Å²) in [6, 6.07) is 3.80. The van der Waals surface area contributed by atoms with Crippen LogP contribution < -0.4 is 0 Å². The van der Waals surface area contributed by atoms with E-state index in [2.05, 4.69) is 0 Å². The second kappa shape index (κ2) is 6.41. The van der Waals surface area contributed by atoms with Gasteiger partial charge in [0, 0.05) is 19.4 Å². The van der Waals surface area contributed by atoms with Crippen molar-refractivity contribution in [2.24, 2.45) is 0 Å². The molecule has 0 spiro atoms. The summed E-state index contributed by atoms with van der Waals surface area (Å²) in [4.78, 5) is 24.4. The number of carboxylic acids is 1. The summed E-state index contributed by atoms with van der Waals surface area (Å²) in [6.45, 7) is 0.767. The van der Waals surface area contributed by atoms with Crippen LogP contribution in [0.15, 0.2) is 22.8 Å². The Balaban J connectivity index is 1.83. The molecular formula is C14H19NO4. The van der Waals surface area contributed by atoms with Crippen molar-refractivity contribution < 1.29 is 19.1 Å². The number of furan rings is 1. The van der Waals surface area contributed by atoms with Gasteiger partial charge in [0.05, 0.1) is 12.3 Å². The van der Waals surface area contributed by atoms with Gasteiger partial charge < -0.3 is 14.4 Å². The van der Waals surface area contributed by atoms with Crippen molar-refractivity contribution in [1.29, 1.82) is 0 Å². The molecule has 2 heterocycles. The molecule has 19 heavy (non-hydrogen) atoms. The lowest BCUT2D eigenvalue weighted by Crippen LogP contribution is -2.30. The number of carboxylic acid groups (broad SMARTS) is 1. The summed E-state index contributed by atoms with van der Waals surface area (Å²) in [5.41, 5.74) is 0. The molecule has 0 radical (unpaired) electrons. The zero-order valence-corrected chi connectivity index (χ0v) is 10.9. The van der Waals surface area contributed by atoms with E-state index in [1.54, 1.807) is 6.26 Å². The smallest absolute Gasteiger partial charge is 0.303 e. The first-order valence-electron chi connectivity index (χ1n) is 6.73. The Morgan fingerprint density at radius 2 is 2.16 bits per heavy atom. The average Bonchev–Trinajstić information content (AvgIpc) is 3.02. The summed E-state index contributed by atoms with van der Waals surface area (Å²) in [7, 11) is 0.